The molecule has 1 rings (SSSR count). The zero-order valence-corrected chi connectivity index (χ0v) is 13.8. The molecule has 3 N–H and O–H groups in total. The lowest BCUT2D eigenvalue weighted by atomic mass is 10.0. The molecule has 0 amide bonds. The van der Waals surface area contributed by atoms with E-state index in [0.29, 0.717) is 11.8 Å². The van der Waals surface area contributed by atoms with Crippen LogP contribution in [0.5, 0.6) is 0 Å². The molecule has 1 aromatic heterocycles. The van der Waals surface area contributed by atoms with Crippen molar-refractivity contribution >= 4 is 11.6 Å². The first kappa shape index (κ1) is 17.7. The lowest BCUT2D eigenvalue weighted by molar-refractivity contribution is 0.255. The summed E-state index contributed by atoms with van der Waals surface area (Å²) in [6, 6.07) is 1.96. The summed E-state index contributed by atoms with van der Waals surface area (Å²) in [7, 11) is 0. The molecule has 0 bridgehead atoms. The number of nitrogens with one attached hydrogen (secondary N) is 2. The molecule has 5 heteroatoms. The molecular weight excluding hydrogens is 264 g/mol. The van der Waals surface area contributed by atoms with Crippen molar-refractivity contribution in [2.24, 2.45) is 5.92 Å². The van der Waals surface area contributed by atoms with Crippen LogP contribution in [0.2, 0.25) is 0 Å². The van der Waals surface area contributed by atoms with Gasteiger partial charge < -0.3 is 15.7 Å². The van der Waals surface area contributed by atoms with Gasteiger partial charge in [-0.15, -0.1) is 0 Å². The molecule has 0 spiro atoms. The Kier molecular flexibility index (Phi) is 8.05. The van der Waals surface area contributed by atoms with E-state index in [1.54, 1.807) is 0 Å². The van der Waals surface area contributed by atoms with Gasteiger partial charge in [-0.25, -0.2) is 9.97 Å². The molecule has 5 nitrogen and oxygen atoms in total. The summed E-state index contributed by atoms with van der Waals surface area (Å²) in [5.41, 5.74) is 0. The van der Waals surface area contributed by atoms with Crippen molar-refractivity contribution in [2.45, 2.75) is 52.9 Å². The zero-order valence-electron chi connectivity index (χ0n) is 13.8. The molecular formula is C16H30N4O. The topological polar surface area (TPSA) is 70.1 Å². The quantitative estimate of drug-likeness (QED) is 0.618. The van der Waals surface area contributed by atoms with Crippen molar-refractivity contribution in [1.82, 2.24) is 9.97 Å². The standard InChI is InChI=1S/C16H30N4O/c1-5-7-13(8-9-21)11-18-15-10-14(17-6-2)19-16(20-15)12(3)4/h10,12-13,21H,5-9,11H2,1-4H3,(H2,17,18,19,20). The van der Waals surface area contributed by atoms with E-state index in [1.807, 2.05) is 6.07 Å². The van der Waals surface area contributed by atoms with Gasteiger partial charge in [0.25, 0.3) is 0 Å². The average molecular weight is 294 g/mol. The summed E-state index contributed by atoms with van der Waals surface area (Å²) in [6.07, 6.45) is 3.09. The Bertz CT molecular complexity index is 403. The Balaban J connectivity index is 2.75. The fraction of sp³-hybridized carbons (Fsp3) is 0.750. The molecule has 0 fully saturated rings. The highest BCUT2D eigenvalue weighted by atomic mass is 16.3. The van der Waals surface area contributed by atoms with E-state index in [0.717, 1.165) is 49.8 Å². The number of aliphatic hydroxyl groups is 1. The maximum atomic E-state index is 9.13. The SMILES string of the molecule is CCCC(CCO)CNc1cc(NCC)nc(C(C)C)n1. The predicted molar refractivity (Wildman–Crippen MR) is 88.9 cm³/mol. The fourth-order valence-corrected chi connectivity index (χ4v) is 2.27. The smallest absolute Gasteiger partial charge is 0.135 e. The van der Waals surface area contributed by atoms with Gasteiger partial charge in [-0.3, -0.25) is 0 Å². The molecule has 21 heavy (non-hydrogen) atoms. The Morgan fingerprint density at radius 3 is 2.29 bits per heavy atom. The first-order valence-electron chi connectivity index (χ1n) is 8.08. The maximum absolute atomic E-state index is 9.13. The molecule has 0 saturated heterocycles. The van der Waals surface area contributed by atoms with Crippen LogP contribution in [0.4, 0.5) is 11.6 Å². The Hall–Kier alpha value is -1.36. The van der Waals surface area contributed by atoms with Crippen molar-refractivity contribution in [1.29, 1.82) is 0 Å². The molecule has 1 aromatic rings. The Morgan fingerprint density at radius 1 is 1.10 bits per heavy atom. The van der Waals surface area contributed by atoms with Crippen LogP contribution >= 0.6 is 0 Å². The second-order valence-corrected chi connectivity index (χ2v) is 5.73. The predicted octanol–water partition coefficient (Wildman–Crippen LogP) is 3.24. The average Bonchev–Trinajstić information content (AvgIpc) is 2.45. The number of hydrogen-bond donors (Lipinski definition) is 3. The van der Waals surface area contributed by atoms with E-state index >= 15 is 0 Å². The van der Waals surface area contributed by atoms with Crippen LogP contribution in [0.3, 0.4) is 0 Å². The molecule has 0 aliphatic carbocycles. The number of rotatable bonds is 10. The summed E-state index contributed by atoms with van der Waals surface area (Å²) in [6.45, 7) is 10.4. The molecule has 0 aliphatic heterocycles. The van der Waals surface area contributed by atoms with Crippen LogP contribution in [0.1, 0.15) is 58.7 Å². The van der Waals surface area contributed by atoms with Gasteiger partial charge in [-0.05, 0) is 25.7 Å². The summed E-state index contributed by atoms with van der Waals surface area (Å²) < 4.78 is 0. The third-order valence-electron chi connectivity index (χ3n) is 3.42. The van der Waals surface area contributed by atoms with Gasteiger partial charge in [0.05, 0.1) is 0 Å². The summed E-state index contributed by atoms with van der Waals surface area (Å²) >= 11 is 0. The normalized spacial score (nSPS) is 12.5. The highest BCUT2D eigenvalue weighted by molar-refractivity contribution is 5.47. The summed E-state index contributed by atoms with van der Waals surface area (Å²) in [4.78, 5) is 9.10. The van der Waals surface area contributed by atoms with E-state index < -0.39 is 0 Å². The summed E-state index contributed by atoms with van der Waals surface area (Å²) in [5, 5.41) is 15.8. The summed E-state index contributed by atoms with van der Waals surface area (Å²) in [5.74, 6) is 3.37. The molecule has 0 aliphatic rings. The Labute approximate surface area is 128 Å². The van der Waals surface area contributed by atoms with E-state index in [4.69, 9.17) is 5.11 Å². The van der Waals surface area contributed by atoms with Gasteiger partial charge in [-0.1, -0.05) is 27.2 Å². The van der Waals surface area contributed by atoms with Gasteiger partial charge in [0.15, 0.2) is 0 Å². The molecule has 0 saturated carbocycles. The minimum absolute atomic E-state index is 0.246. The van der Waals surface area contributed by atoms with E-state index in [1.165, 1.54) is 0 Å². The Morgan fingerprint density at radius 2 is 1.76 bits per heavy atom. The van der Waals surface area contributed by atoms with Crippen LogP contribution in [0.25, 0.3) is 0 Å². The molecule has 0 aromatic carbocycles. The van der Waals surface area contributed by atoms with Gasteiger partial charge in [0, 0.05) is 31.7 Å². The van der Waals surface area contributed by atoms with Gasteiger partial charge in [0.1, 0.15) is 17.5 Å². The lowest BCUT2D eigenvalue weighted by Gasteiger charge is -2.17. The van der Waals surface area contributed by atoms with Crippen molar-refractivity contribution in [2.75, 3.05) is 30.3 Å². The van der Waals surface area contributed by atoms with Crippen molar-refractivity contribution in [3.8, 4) is 0 Å². The molecule has 1 heterocycles. The number of hydrogen-bond acceptors (Lipinski definition) is 5. The second-order valence-electron chi connectivity index (χ2n) is 5.73. The monoisotopic (exact) mass is 294 g/mol. The van der Waals surface area contributed by atoms with Crippen LogP contribution in [-0.4, -0.2) is 34.8 Å². The third-order valence-corrected chi connectivity index (χ3v) is 3.42. The van der Waals surface area contributed by atoms with Crippen LogP contribution in [0, 0.1) is 5.92 Å². The van der Waals surface area contributed by atoms with Crippen LogP contribution < -0.4 is 10.6 Å². The van der Waals surface area contributed by atoms with Gasteiger partial charge in [-0.2, -0.15) is 0 Å². The number of anilines is 2. The minimum Gasteiger partial charge on any atom is -0.396 e. The van der Waals surface area contributed by atoms with E-state index in [2.05, 4.69) is 48.3 Å². The van der Waals surface area contributed by atoms with E-state index in [9.17, 15) is 0 Å². The van der Waals surface area contributed by atoms with Crippen LogP contribution in [0.15, 0.2) is 6.07 Å². The molecule has 1 unspecified atom stereocenters. The fourth-order valence-electron chi connectivity index (χ4n) is 2.27. The van der Waals surface area contributed by atoms with Gasteiger partial charge >= 0.3 is 0 Å². The highest BCUT2D eigenvalue weighted by Gasteiger charge is 2.10. The van der Waals surface area contributed by atoms with Crippen molar-refractivity contribution in [3.63, 3.8) is 0 Å². The molecule has 0 radical (unpaired) electrons. The number of nitrogens with zero attached hydrogens (tertiary/aromatic N) is 2. The molecule has 120 valence electrons. The lowest BCUT2D eigenvalue weighted by Crippen LogP contribution is -2.17. The van der Waals surface area contributed by atoms with Crippen molar-refractivity contribution < 1.29 is 5.11 Å². The number of aromatic nitrogens is 2. The largest absolute Gasteiger partial charge is 0.396 e. The minimum atomic E-state index is 0.246. The molecule has 1 atom stereocenters. The van der Waals surface area contributed by atoms with Crippen LogP contribution in [-0.2, 0) is 0 Å². The first-order valence-corrected chi connectivity index (χ1v) is 8.08. The third kappa shape index (κ3) is 6.29. The zero-order chi connectivity index (χ0) is 15.7. The maximum Gasteiger partial charge on any atom is 0.135 e. The van der Waals surface area contributed by atoms with Gasteiger partial charge in [0.2, 0.25) is 0 Å². The number of aliphatic hydroxyl groups excluding tert-OH is 1. The van der Waals surface area contributed by atoms with E-state index in [-0.39, 0.29) is 6.61 Å². The first-order chi connectivity index (χ1) is 10.1. The second kappa shape index (κ2) is 9.55. The highest BCUT2D eigenvalue weighted by Crippen LogP contribution is 2.18. The van der Waals surface area contributed by atoms with Crippen molar-refractivity contribution in [3.05, 3.63) is 11.9 Å².